The fourth-order valence-corrected chi connectivity index (χ4v) is 4.14. The highest BCUT2D eigenvalue weighted by atomic mass is 16.3. The van der Waals surface area contributed by atoms with Crippen LogP contribution in [-0.2, 0) is 13.0 Å². The molecular formula is C23H25N5O. The molecule has 0 spiro atoms. The van der Waals surface area contributed by atoms with Crippen LogP contribution in [0, 0.1) is 0 Å². The molecule has 148 valence electrons. The monoisotopic (exact) mass is 387 g/mol. The molecule has 0 saturated carbocycles. The number of anilines is 1. The number of nitrogens with zero attached hydrogens (tertiary/aromatic N) is 5. The van der Waals surface area contributed by atoms with Crippen LogP contribution in [0.3, 0.4) is 0 Å². The van der Waals surface area contributed by atoms with Crippen molar-refractivity contribution >= 4 is 16.9 Å². The van der Waals surface area contributed by atoms with Crippen molar-refractivity contribution in [3.05, 3.63) is 60.4 Å². The van der Waals surface area contributed by atoms with Gasteiger partial charge in [0.1, 0.15) is 24.5 Å². The molecular weight excluding hydrogens is 362 g/mol. The summed E-state index contributed by atoms with van der Waals surface area (Å²) in [6.45, 7) is 5.97. The van der Waals surface area contributed by atoms with Crippen LogP contribution in [0.15, 0.2) is 53.3 Å². The maximum atomic E-state index is 5.69. The maximum Gasteiger partial charge on any atom is 0.214 e. The summed E-state index contributed by atoms with van der Waals surface area (Å²) >= 11 is 0. The van der Waals surface area contributed by atoms with Gasteiger partial charge in [-0.3, -0.25) is 0 Å². The molecule has 0 bridgehead atoms. The number of rotatable bonds is 5. The number of hydrogen-bond acceptors (Lipinski definition) is 5. The van der Waals surface area contributed by atoms with Gasteiger partial charge in [-0.05, 0) is 50.5 Å². The molecule has 29 heavy (non-hydrogen) atoms. The third kappa shape index (κ3) is 3.28. The molecule has 1 unspecified atom stereocenters. The number of pyridine rings is 1. The van der Waals surface area contributed by atoms with Crippen LogP contribution in [0.4, 0.5) is 5.82 Å². The van der Waals surface area contributed by atoms with Crippen molar-refractivity contribution in [2.45, 2.75) is 45.7 Å². The van der Waals surface area contributed by atoms with E-state index >= 15 is 0 Å². The number of imidazole rings is 1. The van der Waals surface area contributed by atoms with Crippen molar-refractivity contribution in [3.8, 4) is 11.4 Å². The van der Waals surface area contributed by atoms with E-state index in [0.717, 1.165) is 46.9 Å². The summed E-state index contributed by atoms with van der Waals surface area (Å²) in [7, 11) is 0. The van der Waals surface area contributed by atoms with Crippen LogP contribution in [-0.4, -0.2) is 32.1 Å². The number of aryl methyl sites for hydroxylation is 1. The zero-order valence-corrected chi connectivity index (χ0v) is 16.9. The third-order valence-electron chi connectivity index (χ3n) is 5.76. The minimum Gasteiger partial charge on any atom is -0.447 e. The Labute approximate surface area is 170 Å². The molecule has 1 aromatic carbocycles. The first-order chi connectivity index (χ1) is 14.2. The second kappa shape index (κ2) is 7.35. The molecule has 6 nitrogen and oxygen atoms in total. The van der Waals surface area contributed by atoms with Crippen molar-refractivity contribution in [1.29, 1.82) is 0 Å². The van der Waals surface area contributed by atoms with Gasteiger partial charge in [0.2, 0.25) is 5.89 Å². The number of oxazole rings is 1. The Bertz CT molecular complexity index is 1130. The zero-order chi connectivity index (χ0) is 19.8. The molecule has 1 aliphatic heterocycles. The van der Waals surface area contributed by atoms with E-state index in [1.807, 2.05) is 24.4 Å². The molecule has 0 amide bonds. The summed E-state index contributed by atoms with van der Waals surface area (Å²) in [4.78, 5) is 16.6. The minimum absolute atomic E-state index is 0.542. The number of aromatic nitrogens is 4. The van der Waals surface area contributed by atoms with Crippen molar-refractivity contribution in [2.75, 3.05) is 11.4 Å². The summed E-state index contributed by atoms with van der Waals surface area (Å²) in [5.41, 5.74) is 3.99. The molecule has 6 heteroatoms. The first kappa shape index (κ1) is 17.9. The van der Waals surface area contributed by atoms with Gasteiger partial charge in [-0.2, -0.15) is 0 Å². The van der Waals surface area contributed by atoms with E-state index < -0.39 is 0 Å². The highest BCUT2D eigenvalue weighted by Gasteiger charge is 2.22. The highest BCUT2D eigenvalue weighted by molar-refractivity contribution is 5.80. The smallest absolute Gasteiger partial charge is 0.214 e. The van der Waals surface area contributed by atoms with E-state index in [2.05, 4.69) is 46.5 Å². The molecule has 1 saturated heterocycles. The van der Waals surface area contributed by atoms with Crippen LogP contribution in [0.5, 0.6) is 0 Å². The molecule has 3 aromatic heterocycles. The number of para-hydroxylation sites is 2. The summed E-state index contributed by atoms with van der Waals surface area (Å²) < 4.78 is 7.85. The lowest BCUT2D eigenvalue weighted by atomic mass is 10.2. The van der Waals surface area contributed by atoms with E-state index in [1.165, 1.54) is 12.8 Å². The van der Waals surface area contributed by atoms with Crippen molar-refractivity contribution in [1.82, 2.24) is 19.5 Å². The fourth-order valence-electron chi connectivity index (χ4n) is 4.14. The Morgan fingerprint density at radius 2 is 2.03 bits per heavy atom. The predicted octanol–water partition coefficient (Wildman–Crippen LogP) is 4.69. The Hall–Kier alpha value is -3.15. The average molecular weight is 387 g/mol. The maximum absolute atomic E-state index is 5.69. The van der Waals surface area contributed by atoms with Crippen LogP contribution in [0.1, 0.15) is 38.3 Å². The lowest BCUT2D eigenvalue weighted by Crippen LogP contribution is -2.26. The van der Waals surface area contributed by atoms with Crippen molar-refractivity contribution in [2.24, 2.45) is 0 Å². The van der Waals surface area contributed by atoms with E-state index in [9.17, 15) is 0 Å². The third-order valence-corrected chi connectivity index (χ3v) is 5.76. The van der Waals surface area contributed by atoms with E-state index in [-0.39, 0.29) is 0 Å². The van der Waals surface area contributed by atoms with E-state index in [1.54, 1.807) is 6.26 Å². The Balaban J connectivity index is 1.53. The van der Waals surface area contributed by atoms with Gasteiger partial charge >= 0.3 is 0 Å². The van der Waals surface area contributed by atoms with Gasteiger partial charge in [0.05, 0.1) is 16.7 Å². The molecule has 4 heterocycles. The summed E-state index contributed by atoms with van der Waals surface area (Å²) in [5.74, 6) is 2.62. The Morgan fingerprint density at radius 3 is 2.76 bits per heavy atom. The minimum atomic E-state index is 0.542. The first-order valence-corrected chi connectivity index (χ1v) is 10.3. The summed E-state index contributed by atoms with van der Waals surface area (Å²) in [6, 6.07) is 13.0. The second-order valence-corrected chi connectivity index (χ2v) is 7.69. The lowest BCUT2D eigenvalue weighted by Gasteiger charge is -2.22. The molecule has 4 aromatic rings. The topological polar surface area (TPSA) is 60.0 Å². The second-order valence-electron chi connectivity index (χ2n) is 7.69. The summed E-state index contributed by atoms with van der Waals surface area (Å²) in [5, 5.41) is 0. The van der Waals surface area contributed by atoms with E-state index in [4.69, 9.17) is 14.4 Å². The molecule has 0 aliphatic carbocycles. The lowest BCUT2D eigenvalue weighted by molar-refractivity contribution is 0.482. The van der Waals surface area contributed by atoms with Gasteiger partial charge in [0, 0.05) is 24.3 Å². The number of benzene rings is 1. The van der Waals surface area contributed by atoms with Crippen LogP contribution >= 0.6 is 0 Å². The van der Waals surface area contributed by atoms with Crippen LogP contribution in [0.2, 0.25) is 0 Å². The standard InChI is InChI=1S/C23H25N5O/c1-3-18-15-29-22(25-18)14-28-20-9-5-4-8-19(20)26-23(28)17-10-11-21(24-13-17)27-12-6-7-16(27)2/h4-5,8-11,13,15-16H,3,6-7,12,14H2,1-2H3. The van der Waals surface area contributed by atoms with Gasteiger partial charge in [0.15, 0.2) is 0 Å². The van der Waals surface area contributed by atoms with Gasteiger partial charge in [-0.25, -0.2) is 15.0 Å². The van der Waals surface area contributed by atoms with Crippen molar-refractivity contribution < 1.29 is 4.42 Å². The van der Waals surface area contributed by atoms with Crippen LogP contribution in [0.25, 0.3) is 22.4 Å². The number of hydrogen-bond donors (Lipinski definition) is 0. The molecule has 1 aliphatic rings. The van der Waals surface area contributed by atoms with Gasteiger partial charge in [-0.15, -0.1) is 0 Å². The SMILES string of the molecule is CCc1coc(Cn2c(-c3ccc(N4CCCC4C)nc3)nc3ccccc32)n1. The van der Waals surface area contributed by atoms with Gasteiger partial charge < -0.3 is 13.9 Å². The predicted molar refractivity (Wildman–Crippen MR) is 114 cm³/mol. The zero-order valence-electron chi connectivity index (χ0n) is 16.9. The average Bonchev–Trinajstić information content (AvgIpc) is 3.47. The number of fused-ring (bicyclic) bond motifs is 1. The quantitative estimate of drug-likeness (QED) is 0.497. The Morgan fingerprint density at radius 1 is 1.14 bits per heavy atom. The fraction of sp³-hybridized carbons (Fsp3) is 0.348. The first-order valence-electron chi connectivity index (χ1n) is 10.3. The van der Waals surface area contributed by atoms with Crippen molar-refractivity contribution in [3.63, 3.8) is 0 Å². The molecule has 0 N–H and O–H groups in total. The normalized spacial score (nSPS) is 16.8. The molecule has 1 fully saturated rings. The molecule has 5 rings (SSSR count). The highest BCUT2D eigenvalue weighted by Crippen LogP contribution is 2.28. The Kier molecular flexibility index (Phi) is 4.54. The van der Waals surface area contributed by atoms with Gasteiger partial charge in [0.25, 0.3) is 0 Å². The summed E-state index contributed by atoms with van der Waals surface area (Å²) in [6.07, 6.45) is 7.00. The van der Waals surface area contributed by atoms with E-state index in [0.29, 0.717) is 18.5 Å². The van der Waals surface area contributed by atoms with Gasteiger partial charge in [-0.1, -0.05) is 19.1 Å². The molecule has 0 radical (unpaired) electrons. The van der Waals surface area contributed by atoms with Crippen LogP contribution < -0.4 is 4.90 Å². The molecule has 1 atom stereocenters. The largest absolute Gasteiger partial charge is 0.447 e.